The van der Waals surface area contributed by atoms with Crippen LogP contribution in [-0.4, -0.2) is 28.9 Å². The van der Waals surface area contributed by atoms with E-state index in [-0.39, 0.29) is 21.9 Å². The highest BCUT2D eigenvalue weighted by Crippen LogP contribution is 2.22. The molecule has 1 atom stereocenters. The Bertz CT molecular complexity index is 692. The van der Waals surface area contributed by atoms with Crippen LogP contribution in [0.3, 0.4) is 0 Å². The largest absolute Gasteiger partial charge is 0.240 e. The van der Waals surface area contributed by atoms with Gasteiger partial charge in [0.25, 0.3) is 0 Å². The Kier molecular flexibility index (Phi) is 4.72. The maximum Gasteiger partial charge on any atom is 0.240 e. The predicted molar refractivity (Wildman–Crippen MR) is 79.9 cm³/mol. The lowest BCUT2D eigenvalue weighted by molar-refractivity contribution is 0.555. The van der Waals surface area contributed by atoms with Crippen molar-refractivity contribution >= 4 is 20.0 Å². The molecule has 0 spiro atoms. The van der Waals surface area contributed by atoms with E-state index in [2.05, 4.69) is 9.44 Å². The zero-order valence-electron chi connectivity index (χ0n) is 12.0. The molecule has 1 fully saturated rings. The van der Waals surface area contributed by atoms with Crippen molar-refractivity contribution in [3.63, 3.8) is 0 Å². The van der Waals surface area contributed by atoms with Crippen LogP contribution < -0.4 is 9.44 Å². The van der Waals surface area contributed by atoms with Crippen LogP contribution in [0.5, 0.6) is 0 Å². The van der Waals surface area contributed by atoms with Gasteiger partial charge in [-0.2, -0.15) is 0 Å². The first-order valence-electron chi connectivity index (χ1n) is 6.89. The van der Waals surface area contributed by atoms with Gasteiger partial charge in [0.15, 0.2) is 0 Å². The molecule has 2 rings (SSSR count). The lowest BCUT2D eigenvalue weighted by Gasteiger charge is -2.12. The number of rotatable bonds is 7. The molecule has 0 aliphatic heterocycles. The summed E-state index contributed by atoms with van der Waals surface area (Å²) in [4.78, 5) is 0.144. The molecule has 1 unspecified atom stereocenters. The maximum atomic E-state index is 12.1. The SMILES string of the molecule is CCC(C)NS(=O)(=O)c1ccc(S(=O)(=O)NC2CC2)cc1. The number of nitrogens with one attached hydrogen (secondary N) is 2. The summed E-state index contributed by atoms with van der Waals surface area (Å²) in [6, 6.07) is 5.10. The summed E-state index contributed by atoms with van der Waals surface area (Å²) >= 11 is 0. The summed E-state index contributed by atoms with van der Waals surface area (Å²) in [7, 11) is -7.16. The molecule has 0 bridgehead atoms. The van der Waals surface area contributed by atoms with Crippen molar-refractivity contribution in [2.75, 3.05) is 0 Å². The quantitative estimate of drug-likeness (QED) is 0.785. The molecule has 1 aromatic carbocycles. The molecule has 8 heteroatoms. The summed E-state index contributed by atoms with van der Waals surface area (Å²) in [6.07, 6.45) is 2.38. The van der Waals surface area contributed by atoms with Crippen molar-refractivity contribution in [2.24, 2.45) is 0 Å². The fraction of sp³-hybridized carbons (Fsp3) is 0.538. The van der Waals surface area contributed by atoms with Gasteiger partial charge in [0.2, 0.25) is 20.0 Å². The van der Waals surface area contributed by atoms with Gasteiger partial charge in [0, 0.05) is 12.1 Å². The second-order valence-electron chi connectivity index (χ2n) is 5.30. The number of hydrogen-bond acceptors (Lipinski definition) is 4. The lowest BCUT2D eigenvalue weighted by atomic mass is 10.3. The van der Waals surface area contributed by atoms with Crippen molar-refractivity contribution in [3.8, 4) is 0 Å². The Labute approximate surface area is 126 Å². The zero-order valence-corrected chi connectivity index (χ0v) is 13.7. The van der Waals surface area contributed by atoms with E-state index < -0.39 is 20.0 Å². The molecule has 1 aromatic rings. The molecule has 6 nitrogen and oxygen atoms in total. The highest BCUT2D eigenvalue weighted by atomic mass is 32.2. The average Bonchev–Trinajstić information content (AvgIpc) is 3.21. The molecule has 118 valence electrons. The first kappa shape index (κ1) is 16.4. The Hall–Kier alpha value is -0.960. The van der Waals surface area contributed by atoms with Gasteiger partial charge in [0.1, 0.15) is 0 Å². The van der Waals surface area contributed by atoms with Gasteiger partial charge in [-0.05, 0) is 50.5 Å². The van der Waals surface area contributed by atoms with E-state index in [9.17, 15) is 16.8 Å². The minimum Gasteiger partial charge on any atom is -0.208 e. The fourth-order valence-corrected chi connectivity index (χ4v) is 4.33. The van der Waals surface area contributed by atoms with Gasteiger partial charge in [-0.3, -0.25) is 0 Å². The monoisotopic (exact) mass is 332 g/mol. The first-order chi connectivity index (χ1) is 9.74. The van der Waals surface area contributed by atoms with Crippen molar-refractivity contribution in [3.05, 3.63) is 24.3 Å². The Balaban J connectivity index is 2.18. The number of hydrogen-bond donors (Lipinski definition) is 2. The van der Waals surface area contributed by atoms with Gasteiger partial charge in [-0.25, -0.2) is 26.3 Å². The minimum absolute atomic E-state index is 0.0190. The Morgan fingerprint density at radius 1 is 1.05 bits per heavy atom. The summed E-state index contributed by atoms with van der Waals surface area (Å²) in [5, 5.41) is 0. The molecule has 0 amide bonds. The van der Waals surface area contributed by atoms with E-state index in [1.165, 1.54) is 24.3 Å². The van der Waals surface area contributed by atoms with Gasteiger partial charge in [0.05, 0.1) is 9.79 Å². The summed E-state index contributed by atoms with van der Waals surface area (Å²) < 4.78 is 53.2. The zero-order chi connectivity index (χ0) is 15.7. The molecule has 2 N–H and O–H groups in total. The summed E-state index contributed by atoms with van der Waals surface area (Å²) in [6.45, 7) is 3.66. The maximum absolute atomic E-state index is 12.1. The minimum atomic E-state index is -3.61. The molecule has 0 radical (unpaired) electrons. The van der Waals surface area contributed by atoms with E-state index >= 15 is 0 Å². The van der Waals surface area contributed by atoms with E-state index in [0.717, 1.165) is 12.8 Å². The van der Waals surface area contributed by atoms with Crippen molar-refractivity contribution in [1.29, 1.82) is 0 Å². The highest BCUT2D eigenvalue weighted by Gasteiger charge is 2.28. The molecule has 1 saturated carbocycles. The molecule has 0 heterocycles. The Morgan fingerprint density at radius 2 is 1.52 bits per heavy atom. The molecule has 1 aliphatic carbocycles. The first-order valence-corrected chi connectivity index (χ1v) is 9.86. The third kappa shape index (κ3) is 4.26. The van der Waals surface area contributed by atoms with Crippen LogP contribution in [0, 0.1) is 0 Å². The second-order valence-corrected chi connectivity index (χ2v) is 8.73. The van der Waals surface area contributed by atoms with Gasteiger partial charge in [-0.15, -0.1) is 0 Å². The number of sulfonamides is 2. The highest BCUT2D eigenvalue weighted by molar-refractivity contribution is 7.90. The number of benzene rings is 1. The van der Waals surface area contributed by atoms with E-state index in [1.807, 2.05) is 6.92 Å². The molecule has 0 aromatic heterocycles. The van der Waals surface area contributed by atoms with Crippen LogP contribution >= 0.6 is 0 Å². The van der Waals surface area contributed by atoms with Crippen molar-refractivity contribution in [2.45, 2.75) is 55.0 Å². The van der Waals surface area contributed by atoms with Crippen LogP contribution in [0.15, 0.2) is 34.1 Å². The third-order valence-corrected chi connectivity index (χ3v) is 6.45. The van der Waals surface area contributed by atoms with Crippen LogP contribution in [0.4, 0.5) is 0 Å². The van der Waals surface area contributed by atoms with Gasteiger partial charge in [-0.1, -0.05) is 6.92 Å². The van der Waals surface area contributed by atoms with Crippen LogP contribution in [-0.2, 0) is 20.0 Å². The van der Waals surface area contributed by atoms with Crippen molar-refractivity contribution < 1.29 is 16.8 Å². The molecular formula is C13H20N2O4S2. The Morgan fingerprint density at radius 3 is 1.95 bits per heavy atom. The normalized spacial score (nSPS) is 17.6. The molecular weight excluding hydrogens is 312 g/mol. The van der Waals surface area contributed by atoms with E-state index in [4.69, 9.17) is 0 Å². The van der Waals surface area contributed by atoms with Crippen LogP contribution in [0.2, 0.25) is 0 Å². The van der Waals surface area contributed by atoms with Crippen molar-refractivity contribution in [1.82, 2.24) is 9.44 Å². The standard InChI is InChI=1S/C13H20N2O4S2/c1-3-10(2)14-20(16,17)12-6-8-13(9-7-12)21(18,19)15-11-4-5-11/h6-11,14-15H,3-5H2,1-2H3. The van der Waals surface area contributed by atoms with Crippen LogP contribution in [0.1, 0.15) is 33.1 Å². The molecule has 1 aliphatic rings. The smallest absolute Gasteiger partial charge is 0.208 e. The third-order valence-electron chi connectivity index (χ3n) is 3.31. The summed E-state index contributed by atoms with van der Waals surface area (Å²) in [5.41, 5.74) is 0. The van der Waals surface area contributed by atoms with Crippen LogP contribution in [0.25, 0.3) is 0 Å². The lowest BCUT2D eigenvalue weighted by Crippen LogP contribution is -2.32. The van der Waals surface area contributed by atoms with E-state index in [1.54, 1.807) is 6.92 Å². The van der Waals surface area contributed by atoms with Gasteiger partial charge >= 0.3 is 0 Å². The average molecular weight is 332 g/mol. The summed E-state index contributed by atoms with van der Waals surface area (Å²) in [5.74, 6) is 0. The molecule has 0 saturated heterocycles. The predicted octanol–water partition coefficient (Wildman–Crippen LogP) is 1.20. The fourth-order valence-electron chi connectivity index (χ4n) is 1.70. The van der Waals surface area contributed by atoms with Gasteiger partial charge < -0.3 is 0 Å². The topological polar surface area (TPSA) is 92.3 Å². The second kappa shape index (κ2) is 6.04. The van der Waals surface area contributed by atoms with E-state index in [0.29, 0.717) is 6.42 Å². The molecule has 21 heavy (non-hydrogen) atoms.